The van der Waals surface area contributed by atoms with E-state index in [-0.39, 0.29) is 26.9 Å². The first-order chi connectivity index (χ1) is 26.9. The molecule has 0 saturated carbocycles. The highest BCUT2D eigenvalue weighted by Gasteiger charge is 2.26. The topological polar surface area (TPSA) is 224 Å². The number of nitrogens with zero attached hydrogens (tertiary/aromatic N) is 2. The third-order valence-corrected chi connectivity index (χ3v) is 8.67. The molecule has 0 fully saturated rings. The number of anilines is 2. The van der Waals surface area contributed by atoms with Gasteiger partial charge in [0.2, 0.25) is 11.4 Å². The highest BCUT2D eigenvalue weighted by atomic mass is 35.5. The quantitative estimate of drug-likeness (QED) is 0.0402. The standard InChI is InChI=1S/C19H18ClFN4O3.C12H13ClN2O3.C7H7FN2O/c1-10-14(7-8-15(22-3)16(10)20)23-17(11(2)26)19(28)25-24-18(27)12-5-4-6-13(21)9-12;1-6-8(4-5-9(14-3)10(6)13)15-11(7(2)16)12(17)18;8-6-3-1-2-5(4-6)7(11)10-9/h4-9,11,17,23,26H,1-2H3,(H,24,27)(H,25,28);4-5,7,11,15-16H,1-2H3,(H,17,18);1-4H,9H2,(H,10,11)/t11-,17+;7-,11+;/m00./s1. The normalized spacial score (nSPS) is 12.2. The van der Waals surface area contributed by atoms with Gasteiger partial charge in [-0.05, 0) is 87.4 Å². The third kappa shape index (κ3) is 13.7. The number of hydrazine groups is 2. The number of rotatable bonds is 10. The molecule has 0 aliphatic heterocycles. The molecule has 3 amide bonds. The Morgan fingerprint density at radius 3 is 1.49 bits per heavy atom. The molecule has 0 bridgehead atoms. The molecule has 19 heteroatoms. The Kier molecular flexibility index (Phi) is 18.3. The minimum atomic E-state index is -1.16. The summed E-state index contributed by atoms with van der Waals surface area (Å²) in [5, 5.41) is 34.4. The van der Waals surface area contributed by atoms with E-state index < -0.39 is 59.6 Å². The van der Waals surface area contributed by atoms with E-state index in [9.17, 15) is 38.2 Å². The molecule has 0 unspecified atom stereocenters. The lowest BCUT2D eigenvalue weighted by Crippen LogP contribution is -2.52. The van der Waals surface area contributed by atoms with E-state index in [0.29, 0.717) is 28.2 Å². The summed E-state index contributed by atoms with van der Waals surface area (Å²) < 4.78 is 25.6. The second-order valence-corrected chi connectivity index (χ2v) is 12.6. The Hall–Kier alpha value is -6.34. The number of carboxylic acids is 1. The second kappa shape index (κ2) is 22.3. The van der Waals surface area contributed by atoms with Gasteiger partial charge in [0.1, 0.15) is 17.7 Å². The van der Waals surface area contributed by atoms with Crippen LogP contribution < -0.4 is 32.8 Å². The van der Waals surface area contributed by atoms with E-state index in [1.54, 1.807) is 26.0 Å². The van der Waals surface area contributed by atoms with Crippen LogP contribution in [0.1, 0.15) is 45.7 Å². The SMILES string of the molecule is NNC(=O)c1cccc(F)c1.[C-]#[N+]c1ccc(N[C@@H](C(=O)NNC(=O)c2cccc(F)c2)[C@H](C)O)c(C)c1Cl.[C-]#[N+]c1ccc(N[C@@H](C(=O)O)[C@H](C)O)c(C)c1Cl. The first-order valence-corrected chi connectivity index (χ1v) is 17.2. The molecular formula is C38H38Cl2F2N8O7. The van der Waals surface area contributed by atoms with Crippen LogP contribution in [-0.2, 0) is 9.59 Å². The van der Waals surface area contributed by atoms with Gasteiger partial charge in [-0.15, -0.1) is 0 Å². The smallest absolute Gasteiger partial charge is 0.328 e. The molecule has 15 nitrogen and oxygen atoms in total. The summed E-state index contributed by atoms with van der Waals surface area (Å²) >= 11 is 12.1. The van der Waals surface area contributed by atoms with Crippen molar-refractivity contribution in [1.82, 2.24) is 16.3 Å². The van der Waals surface area contributed by atoms with Gasteiger partial charge >= 0.3 is 5.97 Å². The zero-order chi connectivity index (χ0) is 43.0. The number of aliphatic hydroxyl groups excluding tert-OH is 2. The van der Waals surface area contributed by atoms with Crippen LogP contribution in [0.2, 0.25) is 10.0 Å². The fourth-order valence-corrected chi connectivity index (χ4v) is 4.98. The third-order valence-electron chi connectivity index (χ3n) is 7.71. The van der Waals surface area contributed by atoms with E-state index in [1.807, 2.05) is 5.43 Å². The van der Waals surface area contributed by atoms with E-state index in [0.717, 1.165) is 12.1 Å². The maximum Gasteiger partial charge on any atom is 0.328 e. The maximum atomic E-state index is 13.2. The fourth-order valence-electron chi connectivity index (χ4n) is 4.57. The molecule has 0 aliphatic rings. The number of benzene rings is 4. The van der Waals surface area contributed by atoms with Gasteiger partial charge in [0.05, 0.1) is 35.4 Å². The molecule has 0 spiro atoms. The van der Waals surface area contributed by atoms with Crippen molar-refractivity contribution >= 4 is 69.6 Å². The molecule has 4 aromatic rings. The number of amides is 3. The van der Waals surface area contributed by atoms with E-state index in [2.05, 4.69) is 31.2 Å². The van der Waals surface area contributed by atoms with Crippen LogP contribution in [0.3, 0.4) is 0 Å². The number of carbonyl (C=O) groups excluding carboxylic acids is 3. The predicted octanol–water partition coefficient (Wildman–Crippen LogP) is 5.84. The number of aliphatic carboxylic acids is 1. The van der Waals surface area contributed by atoms with Crippen molar-refractivity contribution in [2.45, 2.75) is 52.0 Å². The maximum absolute atomic E-state index is 13.2. The van der Waals surface area contributed by atoms with Crippen molar-refractivity contribution in [3.8, 4) is 0 Å². The Morgan fingerprint density at radius 1 is 0.702 bits per heavy atom. The van der Waals surface area contributed by atoms with Gasteiger partial charge < -0.3 is 26.0 Å². The number of nitrogens with one attached hydrogen (secondary N) is 5. The minimum absolute atomic E-state index is 0.0271. The number of hydrogen-bond donors (Lipinski definition) is 9. The minimum Gasteiger partial charge on any atom is -0.480 e. The second-order valence-electron chi connectivity index (χ2n) is 11.9. The molecule has 0 heterocycles. The van der Waals surface area contributed by atoms with Crippen LogP contribution in [0.5, 0.6) is 0 Å². The fraction of sp³-hybridized carbons (Fsp3) is 0.211. The van der Waals surface area contributed by atoms with Crippen molar-refractivity contribution in [3.05, 3.63) is 140 Å². The molecule has 4 atom stereocenters. The lowest BCUT2D eigenvalue weighted by atomic mass is 10.1. The Labute approximate surface area is 336 Å². The zero-order valence-corrected chi connectivity index (χ0v) is 32.2. The Bertz CT molecular complexity index is 2180. The molecule has 0 saturated heterocycles. The molecule has 0 aliphatic carbocycles. The van der Waals surface area contributed by atoms with Gasteiger partial charge in [-0.25, -0.2) is 29.1 Å². The summed E-state index contributed by atoms with van der Waals surface area (Å²) in [5.41, 5.74) is 9.15. The largest absolute Gasteiger partial charge is 0.480 e. The van der Waals surface area contributed by atoms with Gasteiger partial charge in [0, 0.05) is 22.5 Å². The number of hydrogen-bond acceptors (Lipinski definition) is 9. The average molecular weight is 828 g/mol. The summed E-state index contributed by atoms with van der Waals surface area (Å²) in [4.78, 5) is 52.7. The van der Waals surface area contributed by atoms with Crippen LogP contribution in [0.15, 0.2) is 72.8 Å². The van der Waals surface area contributed by atoms with E-state index in [4.69, 9.17) is 47.3 Å². The van der Waals surface area contributed by atoms with Crippen molar-refractivity contribution in [2.75, 3.05) is 10.6 Å². The van der Waals surface area contributed by atoms with Crippen LogP contribution in [-0.4, -0.2) is 63.3 Å². The van der Waals surface area contributed by atoms with Crippen LogP contribution >= 0.6 is 23.2 Å². The summed E-state index contributed by atoms with van der Waals surface area (Å²) in [5.74, 6) is 0.712. The summed E-state index contributed by atoms with van der Waals surface area (Å²) in [6, 6.07) is 14.2. The number of carboxylic acid groups (broad SMARTS) is 1. The molecular weight excluding hydrogens is 789 g/mol. The van der Waals surface area contributed by atoms with E-state index >= 15 is 0 Å². The van der Waals surface area contributed by atoms with Crippen LogP contribution in [0.4, 0.5) is 31.5 Å². The van der Waals surface area contributed by atoms with Gasteiger partial charge in [-0.3, -0.25) is 30.7 Å². The van der Waals surface area contributed by atoms with Gasteiger partial charge in [0.25, 0.3) is 17.7 Å². The highest BCUT2D eigenvalue weighted by molar-refractivity contribution is 6.35. The molecule has 10 N–H and O–H groups in total. The Morgan fingerprint density at radius 2 is 1.12 bits per heavy atom. The number of halogens is 4. The number of aliphatic hydroxyl groups is 2. The van der Waals surface area contributed by atoms with Gasteiger partial charge in [-0.1, -0.05) is 47.5 Å². The number of nitrogen functional groups attached to an aromatic ring is 1. The molecule has 0 aromatic heterocycles. The van der Waals surface area contributed by atoms with Crippen molar-refractivity contribution < 1.29 is 43.3 Å². The van der Waals surface area contributed by atoms with Crippen molar-refractivity contribution in [3.63, 3.8) is 0 Å². The molecule has 4 rings (SSSR count). The predicted molar refractivity (Wildman–Crippen MR) is 211 cm³/mol. The molecule has 0 radical (unpaired) electrons. The van der Waals surface area contributed by atoms with Crippen molar-refractivity contribution in [1.29, 1.82) is 0 Å². The van der Waals surface area contributed by atoms with Crippen LogP contribution in [0, 0.1) is 38.6 Å². The lowest BCUT2D eigenvalue weighted by molar-refractivity contribution is -0.140. The molecule has 57 heavy (non-hydrogen) atoms. The first kappa shape index (κ1) is 46.8. The summed E-state index contributed by atoms with van der Waals surface area (Å²) in [7, 11) is 0. The number of nitrogens with two attached hydrogens (primary N) is 1. The first-order valence-electron chi connectivity index (χ1n) is 16.4. The van der Waals surface area contributed by atoms with Gasteiger partial charge in [0.15, 0.2) is 6.04 Å². The Balaban J connectivity index is 0.000000329. The van der Waals surface area contributed by atoms with Crippen molar-refractivity contribution in [2.24, 2.45) is 5.84 Å². The number of carbonyl (C=O) groups is 4. The summed E-state index contributed by atoms with van der Waals surface area (Å²) in [6.45, 7) is 20.1. The highest BCUT2D eigenvalue weighted by Crippen LogP contribution is 2.34. The van der Waals surface area contributed by atoms with E-state index in [1.165, 1.54) is 62.4 Å². The van der Waals surface area contributed by atoms with Gasteiger partial charge in [-0.2, -0.15) is 0 Å². The zero-order valence-electron chi connectivity index (χ0n) is 30.7. The molecule has 300 valence electrons. The van der Waals surface area contributed by atoms with Crippen LogP contribution in [0.25, 0.3) is 9.69 Å². The summed E-state index contributed by atoms with van der Waals surface area (Å²) in [6.07, 6.45) is -2.17. The lowest BCUT2D eigenvalue weighted by Gasteiger charge is -2.23. The average Bonchev–Trinajstić information content (AvgIpc) is 3.17. The monoisotopic (exact) mass is 826 g/mol. The molecule has 4 aromatic carbocycles.